The molecule has 0 fully saturated rings. The topological polar surface area (TPSA) is 17.8 Å². The van der Waals surface area contributed by atoms with Crippen molar-refractivity contribution in [2.24, 2.45) is 0 Å². The molecule has 9 aromatic carbocycles. The lowest BCUT2D eigenvalue weighted by Crippen LogP contribution is -2.00. The van der Waals surface area contributed by atoms with E-state index < -0.39 is 0 Å². The first-order chi connectivity index (χ1) is 27.2. The Kier molecular flexibility index (Phi) is 8.15. The molecule has 2 heteroatoms. The highest BCUT2D eigenvalue weighted by atomic mass is 15.1. The largest absolute Gasteiger partial charge is 0.296 e. The Hall–Kier alpha value is -7.03. The molecule has 0 unspecified atom stereocenters. The van der Waals surface area contributed by atoms with Crippen LogP contribution < -0.4 is 0 Å². The van der Waals surface area contributed by atoms with E-state index in [2.05, 4.69) is 212 Å². The molecule has 0 radical (unpaired) electrons. The van der Waals surface area contributed by atoms with E-state index in [0.717, 1.165) is 29.0 Å². The second kappa shape index (κ2) is 13.7. The summed E-state index contributed by atoms with van der Waals surface area (Å²) in [7, 11) is 0. The number of benzene rings is 9. The Balaban J connectivity index is 1.19. The lowest BCUT2D eigenvalue weighted by atomic mass is 9.84. The van der Waals surface area contributed by atoms with Gasteiger partial charge in [0.25, 0.3) is 0 Å². The maximum Gasteiger partial charge on any atom is 0.114 e. The van der Waals surface area contributed by atoms with Crippen LogP contribution >= 0.6 is 0 Å². The van der Waals surface area contributed by atoms with E-state index in [4.69, 9.17) is 4.98 Å². The third-order valence-electron chi connectivity index (χ3n) is 11.0. The Bertz CT molecular complexity index is 2970. The molecular formula is C53H38N2. The molecular weight excluding hydrogens is 665 g/mol. The molecule has 260 valence electrons. The minimum Gasteiger partial charge on any atom is -0.296 e. The molecule has 0 aliphatic carbocycles. The molecule has 0 aliphatic rings. The van der Waals surface area contributed by atoms with Gasteiger partial charge in [0.2, 0.25) is 0 Å². The van der Waals surface area contributed by atoms with E-state index in [1.807, 2.05) is 0 Å². The standard InChI is InChI=1S/C53H38N2/c1-2-51-54-49-22-11-12-23-50(49)55(51)44-31-28-40(29-32-44)53-46-21-10-9-20-45(46)52(39-26-24-38(25-27-39)36-14-5-3-6-15-36)47-33-30-43(35-48(47)53)42-19-13-18-41(34-42)37-16-7-4-8-17-37/h3-35H,2H2,1H3. The smallest absolute Gasteiger partial charge is 0.114 e. The highest BCUT2D eigenvalue weighted by Gasteiger charge is 2.19. The highest BCUT2D eigenvalue weighted by Crippen LogP contribution is 2.45. The average Bonchev–Trinajstić information content (AvgIpc) is 3.65. The number of fused-ring (bicyclic) bond motifs is 3. The summed E-state index contributed by atoms with van der Waals surface area (Å²) in [6, 6.07) is 72.8. The van der Waals surface area contributed by atoms with Crippen LogP contribution in [0.15, 0.2) is 200 Å². The minimum absolute atomic E-state index is 0.855. The van der Waals surface area contributed by atoms with Crippen molar-refractivity contribution >= 4 is 32.6 Å². The van der Waals surface area contributed by atoms with Crippen LogP contribution in [0.4, 0.5) is 0 Å². The van der Waals surface area contributed by atoms with Crippen LogP contribution in [0.1, 0.15) is 12.7 Å². The number of hydrogen-bond acceptors (Lipinski definition) is 1. The summed E-state index contributed by atoms with van der Waals surface area (Å²) in [6.07, 6.45) is 0.855. The summed E-state index contributed by atoms with van der Waals surface area (Å²) in [5.74, 6) is 1.06. The van der Waals surface area contributed by atoms with Crippen LogP contribution in [0.25, 0.3) is 93.9 Å². The van der Waals surface area contributed by atoms with Crippen molar-refractivity contribution in [3.63, 3.8) is 0 Å². The van der Waals surface area contributed by atoms with E-state index in [-0.39, 0.29) is 0 Å². The summed E-state index contributed by atoms with van der Waals surface area (Å²) in [6.45, 7) is 2.17. The van der Waals surface area contributed by atoms with Gasteiger partial charge in [-0.05, 0) is 114 Å². The van der Waals surface area contributed by atoms with Crippen molar-refractivity contribution in [1.29, 1.82) is 0 Å². The third-order valence-corrected chi connectivity index (χ3v) is 11.0. The van der Waals surface area contributed by atoms with Gasteiger partial charge in [0, 0.05) is 12.1 Å². The Morgan fingerprint density at radius 3 is 1.49 bits per heavy atom. The predicted octanol–water partition coefficient (Wildman–Crippen LogP) is 14.2. The minimum atomic E-state index is 0.855. The molecule has 0 atom stereocenters. The average molecular weight is 703 g/mol. The number of aromatic nitrogens is 2. The predicted molar refractivity (Wildman–Crippen MR) is 233 cm³/mol. The molecule has 0 aliphatic heterocycles. The van der Waals surface area contributed by atoms with Crippen LogP contribution in [-0.4, -0.2) is 9.55 Å². The van der Waals surface area contributed by atoms with Gasteiger partial charge < -0.3 is 0 Å². The Morgan fingerprint density at radius 1 is 0.364 bits per heavy atom. The van der Waals surface area contributed by atoms with E-state index in [1.54, 1.807) is 0 Å². The van der Waals surface area contributed by atoms with Crippen LogP contribution in [0.3, 0.4) is 0 Å². The Labute approximate surface area is 321 Å². The van der Waals surface area contributed by atoms with Crippen LogP contribution in [0, 0.1) is 0 Å². The van der Waals surface area contributed by atoms with Gasteiger partial charge in [0.05, 0.1) is 11.0 Å². The van der Waals surface area contributed by atoms with Crippen LogP contribution in [0.5, 0.6) is 0 Å². The van der Waals surface area contributed by atoms with Gasteiger partial charge in [-0.15, -0.1) is 0 Å². The van der Waals surface area contributed by atoms with Crippen molar-refractivity contribution in [3.8, 4) is 61.3 Å². The fourth-order valence-electron chi connectivity index (χ4n) is 8.33. The molecule has 0 saturated carbocycles. The van der Waals surface area contributed by atoms with Gasteiger partial charge >= 0.3 is 0 Å². The van der Waals surface area contributed by atoms with Gasteiger partial charge in [0.15, 0.2) is 0 Å². The number of hydrogen-bond donors (Lipinski definition) is 0. The van der Waals surface area contributed by atoms with E-state index in [1.165, 1.54) is 77.2 Å². The second-order valence-corrected chi connectivity index (χ2v) is 14.2. The molecule has 10 aromatic rings. The number of rotatable bonds is 7. The van der Waals surface area contributed by atoms with Gasteiger partial charge in [-0.1, -0.05) is 171 Å². The molecule has 0 bridgehead atoms. The number of imidazole rings is 1. The molecule has 1 heterocycles. The van der Waals surface area contributed by atoms with E-state index >= 15 is 0 Å². The maximum atomic E-state index is 4.96. The number of aryl methyl sites for hydroxylation is 1. The maximum absolute atomic E-state index is 4.96. The fourth-order valence-corrected chi connectivity index (χ4v) is 8.33. The zero-order valence-electron chi connectivity index (χ0n) is 30.7. The first kappa shape index (κ1) is 32.6. The highest BCUT2D eigenvalue weighted by molar-refractivity contribution is 6.22. The van der Waals surface area contributed by atoms with Crippen molar-refractivity contribution < 1.29 is 0 Å². The van der Waals surface area contributed by atoms with Gasteiger partial charge in [0.1, 0.15) is 5.82 Å². The normalized spacial score (nSPS) is 11.4. The van der Waals surface area contributed by atoms with Crippen molar-refractivity contribution in [1.82, 2.24) is 9.55 Å². The number of nitrogens with zero attached hydrogens (tertiary/aromatic N) is 2. The molecule has 55 heavy (non-hydrogen) atoms. The van der Waals surface area contributed by atoms with Crippen molar-refractivity contribution in [3.05, 3.63) is 206 Å². The monoisotopic (exact) mass is 702 g/mol. The first-order valence-electron chi connectivity index (χ1n) is 19.1. The van der Waals surface area contributed by atoms with Gasteiger partial charge in [-0.2, -0.15) is 0 Å². The quantitative estimate of drug-likeness (QED) is 0.151. The third kappa shape index (κ3) is 5.80. The molecule has 1 aromatic heterocycles. The molecule has 0 amide bonds. The SMILES string of the molecule is CCc1nc2ccccc2n1-c1ccc(-c2c3ccccc3c(-c3ccc(-c4ccccc4)cc3)c3ccc(-c4cccc(-c5ccccc5)c4)cc23)cc1. The van der Waals surface area contributed by atoms with Gasteiger partial charge in [-0.25, -0.2) is 4.98 Å². The summed E-state index contributed by atoms with van der Waals surface area (Å²) >= 11 is 0. The first-order valence-corrected chi connectivity index (χ1v) is 19.1. The second-order valence-electron chi connectivity index (χ2n) is 14.2. The lowest BCUT2D eigenvalue weighted by Gasteiger charge is -2.19. The van der Waals surface area contributed by atoms with Crippen LogP contribution in [-0.2, 0) is 6.42 Å². The number of para-hydroxylation sites is 2. The van der Waals surface area contributed by atoms with Crippen molar-refractivity contribution in [2.75, 3.05) is 0 Å². The molecule has 0 spiro atoms. The molecule has 10 rings (SSSR count). The Morgan fingerprint density at radius 2 is 0.818 bits per heavy atom. The molecule has 0 saturated heterocycles. The fraction of sp³-hybridized carbons (Fsp3) is 0.0377. The lowest BCUT2D eigenvalue weighted by molar-refractivity contribution is 0.908. The van der Waals surface area contributed by atoms with E-state index in [0.29, 0.717) is 0 Å². The molecule has 0 N–H and O–H groups in total. The summed E-state index contributed by atoms with van der Waals surface area (Å²) in [5, 5.41) is 4.96. The summed E-state index contributed by atoms with van der Waals surface area (Å²) < 4.78 is 2.30. The summed E-state index contributed by atoms with van der Waals surface area (Å²) in [4.78, 5) is 4.96. The zero-order valence-corrected chi connectivity index (χ0v) is 30.7. The van der Waals surface area contributed by atoms with E-state index in [9.17, 15) is 0 Å². The van der Waals surface area contributed by atoms with Crippen molar-refractivity contribution in [2.45, 2.75) is 13.3 Å². The van der Waals surface area contributed by atoms with Gasteiger partial charge in [-0.3, -0.25) is 4.57 Å². The zero-order chi connectivity index (χ0) is 36.7. The summed E-state index contributed by atoms with van der Waals surface area (Å²) in [5.41, 5.74) is 15.4. The molecule has 2 nitrogen and oxygen atoms in total. The van der Waals surface area contributed by atoms with Crippen LogP contribution in [0.2, 0.25) is 0 Å².